The van der Waals surface area contributed by atoms with Crippen molar-refractivity contribution >= 4 is 11.0 Å². The van der Waals surface area contributed by atoms with Gasteiger partial charge in [-0.25, -0.2) is 18.2 Å². The molecule has 6 heteroatoms. The van der Waals surface area contributed by atoms with Gasteiger partial charge in [0.25, 0.3) is 0 Å². The highest BCUT2D eigenvalue weighted by molar-refractivity contribution is 5.73. The summed E-state index contributed by atoms with van der Waals surface area (Å²) in [7, 11) is 0. The van der Waals surface area contributed by atoms with E-state index in [0.29, 0.717) is 11.0 Å². The normalized spacial score (nSPS) is 12.6. The van der Waals surface area contributed by atoms with Crippen LogP contribution in [-0.4, -0.2) is 9.97 Å². The van der Waals surface area contributed by atoms with Crippen LogP contribution in [0.1, 0.15) is 17.3 Å². The fourth-order valence-electron chi connectivity index (χ4n) is 2.06. The van der Waals surface area contributed by atoms with Gasteiger partial charge in [-0.3, -0.25) is 4.98 Å². The second-order valence-electron chi connectivity index (χ2n) is 4.53. The second kappa shape index (κ2) is 5.14. The molecule has 1 unspecified atom stereocenters. The molecular formula is C15H10F3N3. The molecule has 0 aliphatic carbocycles. The zero-order valence-electron chi connectivity index (χ0n) is 10.7. The first kappa shape index (κ1) is 13.5. The number of hydrogen-bond acceptors (Lipinski definition) is 3. The van der Waals surface area contributed by atoms with Crippen molar-refractivity contribution < 1.29 is 13.2 Å². The number of aromatic nitrogens is 2. The van der Waals surface area contributed by atoms with Crippen molar-refractivity contribution in [3.63, 3.8) is 0 Å². The van der Waals surface area contributed by atoms with Crippen molar-refractivity contribution in [2.75, 3.05) is 0 Å². The topological polar surface area (TPSA) is 51.8 Å². The van der Waals surface area contributed by atoms with Crippen LogP contribution in [0.3, 0.4) is 0 Å². The third-order valence-electron chi connectivity index (χ3n) is 3.19. The van der Waals surface area contributed by atoms with Crippen LogP contribution in [0.2, 0.25) is 0 Å². The molecule has 0 radical (unpaired) electrons. The maximum absolute atomic E-state index is 13.8. The largest absolute Gasteiger partial charge is 0.319 e. The number of nitrogens with zero attached hydrogens (tertiary/aromatic N) is 2. The van der Waals surface area contributed by atoms with Crippen LogP contribution in [0.5, 0.6) is 0 Å². The van der Waals surface area contributed by atoms with Gasteiger partial charge < -0.3 is 5.73 Å². The molecule has 2 aromatic carbocycles. The van der Waals surface area contributed by atoms with E-state index in [0.717, 1.165) is 12.1 Å². The van der Waals surface area contributed by atoms with Crippen LogP contribution in [0.4, 0.5) is 13.2 Å². The second-order valence-corrected chi connectivity index (χ2v) is 4.53. The van der Waals surface area contributed by atoms with Gasteiger partial charge in [0.15, 0.2) is 17.5 Å². The van der Waals surface area contributed by atoms with E-state index in [1.54, 1.807) is 18.2 Å². The first-order valence-electron chi connectivity index (χ1n) is 6.18. The van der Waals surface area contributed by atoms with Gasteiger partial charge in [0.2, 0.25) is 0 Å². The van der Waals surface area contributed by atoms with Gasteiger partial charge in [-0.1, -0.05) is 18.2 Å². The Labute approximate surface area is 118 Å². The molecule has 21 heavy (non-hydrogen) atoms. The molecule has 0 aliphatic rings. The van der Waals surface area contributed by atoms with Crippen molar-refractivity contribution in [3.8, 4) is 0 Å². The summed E-state index contributed by atoms with van der Waals surface area (Å²) in [5.74, 6) is -4.11. The molecule has 0 fully saturated rings. The Morgan fingerprint density at radius 3 is 2.38 bits per heavy atom. The molecule has 1 atom stereocenters. The van der Waals surface area contributed by atoms with Crippen LogP contribution < -0.4 is 5.73 Å². The summed E-state index contributed by atoms with van der Waals surface area (Å²) in [6.07, 6.45) is 1.40. The van der Waals surface area contributed by atoms with E-state index < -0.39 is 23.5 Å². The summed E-state index contributed by atoms with van der Waals surface area (Å²) >= 11 is 0. The van der Waals surface area contributed by atoms with Crippen LogP contribution in [0, 0.1) is 17.5 Å². The zero-order chi connectivity index (χ0) is 15.0. The highest BCUT2D eigenvalue weighted by Crippen LogP contribution is 2.24. The van der Waals surface area contributed by atoms with E-state index in [-0.39, 0.29) is 11.3 Å². The molecule has 0 aliphatic heterocycles. The number of fused-ring (bicyclic) bond motifs is 1. The number of rotatable bonds is 2. The van der Waals surface area contributed by atoms with E-state index in [4.69, 9.17) is 5.73 Å². The van der Waals surface area contributed by atoms with E-state index in [1.807, 2.05) is 6.07 Å². The van der Waals surface area contributed by atoms with Crippen LogP contribution in [-0.2, 0) is 0 Å². The fraction of sp³-hybridized carbons (Fsp3) is 0.0667. The summed E-state index contributed by atoms with van der Waals surface area (Å²) in [6.45, 7) is 0. The van der Waals surface area contributed by atoms with E-state index in [1.165, 1.54) is 6.20 Å². The average molecular weight is 289 g/mol. The minimum absolute atomic E-state index is 0.168. The lowest BCUT2D eigenvalue weighted by atomic mass is 10.0. The van der Waals surface area contributed by atoms with Gasteiger partial charge in [0, 0.05) is 5.56 Å². The predicted molar refractivity (Wildman–Crippen MR) is 71.9 cm³/mol. The summed E-state index contributed by atoms with van der Waals surface area (Å²) in [6, 6.07) is 8.01. The molecule has 0 bridgehead atoms. The van der Waals surface area contributed by atoms with Crippen molar-refractivity contribution in [1.82, 2.24) is 9.97 Å². The van der Waals surface area contributed by atoms with Gasteiger partial charge in [-0.15, -0.1) is 0 Å². The van der Waals surface area contributed by atoms with E-state index in [2.05, 4.69) is 9.97 Å². The third-order valence-corrected chi connectivity index (χ3v) is 3.19. The summed E-state index contributed by atoms with van der Waals surface area (Å²) in [5.41, 5.74) is 7.26. The van der Waals surface area contributed by atoms with Crippen LogP contribution >= 0.6 is 0 Å². The first-order chi connectivity index (χ1) is 10.1. The molecule has 3 rings (SSSR count). The zero-order valence-corrected chi connectivity index (χ0v) is 10.7. The van der Waals surface area contributed by atoms with Gasteiger partial charge in [0.1, 0.15) is 0 Å². The monoisotopic (exact) mass is 289 g/mol. The van der Waals surface area contributed by atoms with Crippen LogP contribution in [0.25, 0.3) is 11.0 Å². The lowest BCUT2D eigenvalue weighted by Crippen LogP contribution is -2.16. The number of benzene rings is 2. The molecule has 3 aromatic rings. The molecule has 0 saturated heterocycles. The first-order valence-corrected chi connectivity index (χ1v) is 6.18. The Morgan fingerprint density at radius 1 is 0.905 bits per heavy atom. The number of para-hydroxylation sites is 2. The maximum atomic E-state index is 13.8. The van der Waals surface area contributed by atoms with Crippen LogP contribution in [0.15, 0.2) is 42.6 Å². The van der Waals surface area contributed by atoms with Gasteiger partial charge >= 0.3 is 0 Å². The smallest absolute Gasteiger partial charge is 0.194 e. The molecule has 0 amide bonds. The summed E-state index contributed by atoms with van der Waals surface area (Å²) in [4.78, 5) is 8.44. The summed E-state index contributed by atoms with van der Waals surface area (Å²) in [5, 5.41) is 0. The SMILES string of the molecule is NC(c1cnc2ccccc2n1)c1ccc(F)c(F)c1F. The van der Waals surface area contributed by atoms with Crippen molar-refractivity contribution in [3.05, 3.63) is 71.3 Å². The Kier molecular flexibility index (Phi) is 3.31. The minimum atomic E-state index is -1.54. The molecule has 0 saturated carbocycles. The average Bonchev–Trinajstić information content (AvgIpc) is 2.52. The summed E-state index contributed by atoms with van der Waals surface area (Å²) < 4.78 is 40.0. The third kappa shape index (κ3) is 2.34. The number of halogens is 3. The molecular weight excluding hydrogens is 279 g/mol. The quantitative estimate of drug-likeness (QED) is 0.738. The number of nitrogens with two attached hydrogens (primary N) is 1. The Balaban J connectivity index is 2.08. The standard InChI is InChI=1S/C15H10F3N3/c16-9-6-5-8(13(17)14(9)18)15(19)12-7-20-10-3-1-2-4-11(10)21-12/h1-7,15H,19H2. The molecule has 106 valence electrons. The van der Waals surface area contributed by atoms with E-state index >= 15 is 0 Å². The van der Waals surface area contributed by atoms with Crippen molar-refractivity contribution in [2.45, 2.75) is 6.04 Å². The highest BCUT2D eigenvalue weighted by Gasteiger charge is 2.20. The molecule has 2 N–H and O–H groups in total. The highest BCUT2D eigenvalue weighted by atomic mass is 19.2. The Morgan fingerprint density at radius 2 is 1.62 bits per heavy atom. The van der Waals surface area contributed by atoms with Crippen molar-refractivity contribution in [1.29, 1.82) is 0 Å². The number of hydrogen-bond donors (Lipinski definition) is 1. The van der Waals surface area contributed by atoms with Crippen molar-refractivity contribution in [2.24, 2.45) is 5.73 Å². The lowest BCUT2D eigenvalue weighted by Gasteiger charge is -2.13. The lowest BCUT2D eigenvalue weighted by molar-refractivity contribution is 0.438. The fourth-order valence-corrected chi connectivity index (χ4v) is 2.06. The Bertz CT molecular complexity index is 820. The van der Waals surface area contributed by atoms with Gasteiger partial charge in [0.05, 0.1) is 29.0 Å². The van der Waals surface area contributed by atoms with Gasteiger partial charge in [-0.2, -0.15) is 0 Å². The predicted octanol–water partition coefficient (Wildman–Crippen LogP) is 3.10. The van der Waals surface area contributed by atoms with Gasteiger partial charge in [-0.05, 0) is 18.2 Å². The molecule has 0 spiro atoms. The maximum Gasteiger partial charge on any atom is 0.194 e. The molecule has 1 heterocycles. The molecule has 1 aromatic heterocycles. The Hall–Kier alpha value is -2.47. The van der Waals surface area contributed by atoms with E-state index in [9.17, 15) is 13.2 Å². The minimum Gasteiger partial charge on any atom is -0.319 e. The molecule has 3 nitrogen and oxygen atoms in total.